The van der Waals surface area contributed by atoms with E-state index in [2.05, 4.69) is 4.74 Å². The van der Waals surface area contributed by atoms with Crippen LogP contribution in [-0.4, -0.2) is 30.7 Å². The Labute approximate surface area is 132 Å². The third-order valence-corrected chi connectivity index (χ3v) is 3.13. The molecule has 0 aliphatic rings. The predicted molar refractivity (Wildman–Crippen MR) is 81.0 cm³/mol. The minimum atomic E-state index is -0.752. The SMILES string of the molecule is COC(=O)c1cc(OC)ccc1OC(=O)c1ccn(C)c(=O)c1. The number of hydrogen-bond donors (Lipinski definition) is 0. The van der Waals surface area contributed by atoms with Crippen molar-refractivity contribution in [2.45, 2.75) is 0 Å². The summed E-state index contributed by atoms with van der Waals surface area (Å²) in [7, 11) is 4.23. The van der Waals surface area contributed by atoms with Crippen molar-refractivity contribution in [2.75, 3.05) is 14.2 Å². The molecule has 1 heterocycles. The van der Waals surface area contributed by atoms with Crippen LogP contribution in [0.3, 0.4) is 0 Å². The summed E-state index contributed by atoms with van der Waals surface area (Å²) < 4.78 is 16.2. The lowest BCUT2D eigenvalue weighted by atomic mass is 10.2. The highest BCUT2D eigenvalue weighted by Crippen LogP contribution is 2.25. The number of carbonyl (C=O) groups is 2. The minimum Gasteiger partial charge on any atom is -0.497 e. The molecular weight excluding hydrogens is 302 g/mol. The van der Waals surface area contributed by atoms with Crippen molar-refractivity contribution in [1.82, 2.24) is 4.57 Å². The van der Waals surface area contributed by atoms with Gasteiger partial charge in [-0.3, -0.25) is 4.79 Å². The number of pyridine rings is 1. The number of rotatable bonds is 4. The normalized spacial score (nSPS) is 10.0. The van der Waals surface area contributed by atoms with Gasteiger partial charge in [0.2, 0.25) is 0 Å². The van der Waals surface area contributed by atoms with E-state index in [0.29, 0.717) is 5.75 Å². The summed E-state index contributed by atoms with van der Waals surface area (Å²) >= 11 is 0. The van der Waals surface area contributed by atoms with Crippen LogP contribution in [0.4, 0.5) is 0 Å². The molecule has 7 nitrogen and oxygen atoms in total. The molecule has 0 spiro atoms. The van der Waals surface area contributed by atoms with Crippen LogP contribution in [-0.2, 0) is 11.8 Å². The molecule has 0 N–H and O–H groups in total. The summed E-state index contributed by atoms with van der Waals surface area (Å²) in [5.74, 6) is -0.990. The van der Waals surface area contributed by atoms with Gasteiger partial charge in [-0.25, -0.2) is 9.59 Å². The highest BCUT2D eigenvalue weighted by molar-refractivity contribution is 5.96. The fraction of sp³-hybridized carbons (Fsp3) is 0.188. The Morgan fingerprint density at radius 2 is 1.78 bits per heavy atom. The fourth-order valence-corrected chi connectivity index (χ4v) is 1.83. The van der Waals surface area contributed by atoms with E-state index in [0.717, 1.165) is 6.07 Å². The molecule has 0 aliphatic carbocycles. The van der Waals surface area contributed by atoms with Crippen LogP contribution in [0.2, 0.25) is 0 Å². The summed E-state index contributed by atoms with van der Waals surface area (Å²) in [4.78, 5) is 35.5. The Hall–Kier alpha value is -3.09. The van der Waals surface area contributed by atoms with Gasteiger partial charge in [-0.15, -0.1) is 0 Å². The van der Waals surface area contributed by atoms with Gasteiger partial charge in [0.1, 0.15) is 17.1 Å². The Bertz CT molecular complexity index is 808. The fourth-order valence-electron chi connectivity index (χ4n) is 1.83. The molecule has 2 rings (SSSR count). The third-order valence-electron chi connectivity index (χ3n) is 3.13. The summed E-state index contributed by atoms with van der Waals surface area (Å²) in [5.41, 5.74) is -0.217. The second-order valence-electron chi connectivity index (χ2n) is 4.61. The topological polar surface area (TPSA) is 83.8 Å². The second kappa shape index (κ2) is 6.78. The molecule has 23 heavy (non-hydrogen) atoms. The van der Waals surface area contributed by atoms with Gasteiger partial charge in [0.15, 0.2) is 0 Å². The number of benzene rings is 1. The first-order valence-electron chi connectivity index (χ1n) is 6.61. The Morgan fingerprint density at radius 3 is 2.39 bits per heavy atom. The van der Waals surface area contributed by atoms with E-state index >= 15 is 0 Å². The van der Waals surface area contributed by atoms with Crippen molar-refractivity contribution in [3.8, 4) is 11.5 Å². The molecule has 0 fully saturated rings. The quantitative estimate of drug-likeness (QED) is 0.626. The standard InChI is InChI=1S/C16H15NO6/c1-17-7-6-10(8-14(17)18)15(19)23-13-5-4-11(21-2)9-12(13)16(20)22-3/h4-9H,1-3H3. The molecular formula is C16H15NO6. The summed E-state index contributed by atoms with van der Waals surface area (Å²) in [6.45, 7) is 0. The molecule has 0 amide bonds. The van der Waals surface area contributed by atoms with Crippen LogP contribution in [0.1, 0.15) is 20.7 Å². The van der Waals surface area contributed by atoms with Crippen LogP contribution in [0.15, 0.2) is 41.3 Å². The minimum absolute atomic E-state index is 0.0170. The summed E-state index contributed by atoms with van der Waals surface area (Å²) in [5, 5.41) is 0. The van der Waals surface area contributed by atoms with Gasteiger partial charge in [0.25, 0.3) is 5.56 Å². The van der Waals surface area contributed by atoms with E-state index in [1.165, 1.54) is 43.2 Å². The van der Waals surface area contributed by atoms with Crippen LogP contribution in [0.25, 0.3) is 0 Å². The Morgan fingerprint density at radius 1 is 1.04 bits per heavy atom. The predicted octanol–water partition coefficient (Wildman–Crippen LogP) is 1.40. The van der Waals surface area contributed by atoms with E-state index in [1.54, 1.807) is 13.1 Å². The first-order valence-corrected chi connectivity index (χ1v) is 6.61. The number of aryl methyl sites for hydroxylation is 1. The average Bonchev–Trinajstić information content (AvgIpc) is 2.56. The molecule has 0 aliphatic heterocycles. The van der Waals surface area contributed by atoms with Crippen LogP contribution in [0, 0.1) is 0 Å². The van der Waals surface area contributed by atoms with E-state index in [9.17, 15) is 14.4 Å². The molecule has 1 aromatic heterocycles. The van der Waals surface area contributed by atoms with Crippen LogP contribution < -0.4 is 15.0 Å². The zero-order valence-electron chi connectivity index (χ0n) is 12.9. The van der Waals surface area contributed by atoms with Gasteiger partial charge in [0.05, 0.1) is 19.8 Å². The van der Waals surface area contributed by atoms with Crippen molar-refractivity contribution in [2.24, 2.45) is 7.05 Å². The van der Waals surface area contributed by atoms with E-state index < -0.39 is 11.9 Å². The zero-order chi connectivity index (χ0) is 17.0. The van der Waals surface area contributed by atoms with Crippen LogP contribution >= 0.6 is 0 Å². The highest BCUT2D eigenvalue weighted by Gasteiger charge is 2.18. The van der Waals surface area contributed by atoms with Gasteiger partial charge in [-0.05, 0) is 24.3 Å². The van der Waals surface area contributed by atoms with Crippen molar-refractivity contribution in [1.29, 1.82) is 0 Å². The molecule has 0 saturated heterocycles. The maximum Gasteiger partial charge on any atom is 0.343 e. The van der Waals surface area contributed by atoms with Gasteiger partial charge >= 0.3 is 11.9 Å². The van der Waals surface area contributed by atoms with Gasteiger partial charge in [-0.1, -0.05) is 0 Å². The number of hydrogen-bond acceptors (Lipinski definition) is 6. The molecule has 7 heteroatoms. The van der Waals surface area contributed by atoms with E-state index in [4.69, 9.17) is 9.47 Å². The van der Waals surface area contributed by atoms with Crippen molar-refractivity contribution < 1.29 is 23.8 Å². The van der Waals surface area contributed by atoms with Crippen molar-refractivity contribution in [3.05, 3.63) is 58.0 Å². The smallest absolute Gasteiger partial charge is 0.343 e. The number of aromatic nitrogens is 1. The molecule has 2 aromatic rings. The molecule has 0 bridgehead atoms. The van der Waals surface area contributed by atoms with Crippen LogP contribution in [0.5, 0.6) is 11.5 Å². The number of carbonyl (C=O) groups excluding carboxylic acids is 2. The van der Waals surface area contributed by atoms with Gasteiger partial charge < -0.3 is 18.8 Å². The Balaban J connectivity index is 2.35. The lowest BCUT2D eigenvalue weighted by Gasteiger charge is -2.10. The number of nitrogens with zero attached hydrogens (tertiary/aromatic N) is 1. The summed E-state index contributed by atoms with van der Waals surface area (Å²) in [6, 6.07) is 6.97. The highest BCUT2D eigenvalue weighted by atomic mass is 16.5. The molecule has 0 atom stereocenters. The maximum atomic E-state index is 12.1. The number of ether oxygens (including phenoxy) is 3. The zero-order valence-corrected chi connectivity index (χ0v) is 12.9. The first-order chi connectivity index (χ1) is 11.0. The van der Waals surface area contributed by atoms with Gasteiger partial charge in [-0.2, -0.15) is 0 Å². The molecule has 1 aromatic carbocycles. The summed E-state index contributed by atoms with van der Waals surface area (Å²) in [6.07, 6.45) is 1.45. The number of methoxy groups -OCH3 is 2. The average molecular weight is 317 g/mol. The monoisotopic (exact) mass is 317 g/mol. The lowest BCUT2D eigenvalue weighted by molar-refractivity contribution is 0.0592. The molecule has 0 unspecified atom stereocenters. The second-order valence-corrected chi connectivity index (χ2v) is 4.61. The van der Waals surface area contributed by atoms with E-state index in [-0.39, 0.29) is 22.4 Å². The van der Waals surface area contributed by atoms with Gasteiger partial charge in [0, 0.05) is 19.3 Å². The molecule has 0 saturated carbocycles. The van der Waals surface area contributed by atoms with Crippen molar-refractivity contribution in [3.63, 3.8) is 0 Å². The molecule has 0 radical (unpaired) electrons. The maximum absolute atomic E-state index is 12.1. The number of esters is 2. The third kappa shape index (κ3) is 3.57. The first kappa shape index (κ1) is 16.3. The molecule has 120 valence electrons. The van der Waals surface area contributed by atoms with E-state index in [1.807, 2.05) is 0 Å². The Kier molecular flexibility index (Phi) is 4.80. The van der Waals surface area contributed by atoms with Crippen molar-refractivity contribution >= 4 is 11.9 Å². The lowest BCUT2D eigenvalue weighted by Crippen LogP contribution is -2.19. The largest absolute Gasteiger partial charge is 0.497 e.